The molecule has 0 fully saturated rings. The van der Waals surface area contributed by atoms with Gasteiger partial charge in [0.2, 0.25) is 0 Å². The fraction of sp³-hybridized carbons (Fsp3) is 0.120. The zero-order chi connectivity index (χ0) is 20.9. The predicted octanol–water partition coefficient (Wildman–Crippen LogP) is 4.18. The van der Waals surface area contributed by atoms with Gasteiger partial charge in [0, 0.05) is 28.7 Å². The second-order valence-corrected chi connectivity index (χ2v) is 7.14. The van der Waals surface area contributed by atoms with Crippen molar-refractivity contribution in [2.75, 3.05) is 0 Å². The van der Waals surface area contributed by atoms with Gasteiger partial charge < -0.3 is 9.67 Å². The summed E-state index contributed by atoms with van der Waals surface area (Å²) < 4.78 is 2.24. The molecule has 4 aromatic rings. The van der Waals surface area contributed by atoms with E-state index < -0.39 is 12.0 Å². The van der Waals surface area contributed by atoms with Crippen LogP contribution in [0.15, 0.2) is 90.0 Å². The number of aliphatic hydroxyl groups excluding tert-OH is 1. The Morgan fingerprint density at radius 2 is 1.63 bits per heavy atom. The molecule has 0 saturated carbocycles. The Balaban J connectivity index is 1.58. The molecule has 1 atom stereocenters. The fourth-order valence-corrected chi connectivity index (χ4v) is 3.60. The standard InChI is InChI=1S/C25H23N3O2/c1-18-22(16-26-27-25(30)24(29)20-12-6-3-7-13-20)21-14-8-9-15-23(21)28(18)17-19-10-4-2-5-11-19/h2-16,24,29H,17H2,1H3,(H,27,30)/b26-16+. The van der Waals surface area contributed by atoms with Gasteiger partial charge in [-0.1, -0.05) is 78.9 Å². The molecule has 0 aliphatic carbocycles. The van der Waals surface area contributed by atoms with E-state index in [1.54, 1.807) is 30.5 Å². The number of benzene rings is 3. The summed E-state index contributed by atoms with van der Waals surface area (Å²) in [5.41, 5.74) is 7.30. The van der Waals surface area contributed by atoms with Gasteiger partial charge in [0.1, 0.15) is 0 Å². The van der Waals surface area contributed by atoms with E-state index in [0.29, 0.717) is 5.56 Å². The number of hydrogen-bond donors (Lipinski definition) is 2. The molecular formula is C25H23N3O2. The normalized spacial score (nSPS) is 12.3. The molecule has 4 rings (SSSR count). The Kier molecular flexibility index (Phi) is 5.72. The monoisotopic (exact) mass is 397 g/mol. The van der Waals surface area contributed by atoms with E-state index in [9.17, 15) is 9.90 Å². The van der Waals surface area contributed by atoms with Gasteiger partial charge in [-0.05, 0) is 24.1 Å². The highest BCUT2D eigenvalue weighted by molar-refractivity contribution is 6.01. The zero-order valence-electron chi connectivity index (χ0n) is 16.7. The van der Waals surface area contributed by atoms with Crippen LogP contribution in [0.4, 0.5) is 0 Å². The summed E-state index contributed by atoms with van der Waals surface area (Å²) in [4.78, 5) is 12.2. The van der Waals surface area contributed by atoms with Crippen molar-refractivity contribution in [1.82, 2.24) is 9.99 Å². The fourth-order valence-electron chi connectivity index (χ4n) is 3.60. The van der Waals surface area contributed by atoms with Crippen LogP contribution in [0.1, 0.15) is 28.5 Å². The minimum Gasteiger partial charge on any atom is -0.378 e. The topological polar surface area (TPSA) is 66.6 Å². The molecule has 0 aliphatic rings. The summed E-state index contributed by atoms with van der Waals surface area (Å²) in [7, 11) is 0. The van der Waals surface area contributed by atoms with E-state index in [0.717, 1.165) is 28.7 Å². The summed E-state index contributed by atoms with van der Waals surface area (Å²) >= 11 is 0. The average molecular weight is 397 g/mol. The molecule has 1 aromatic heterocycles. The number of aromatic nitrogens is 1. The lowest BCUT2D eigenvalue weighted by Crippen LogP contribution is -2.25. The Hall–Kier alpha value is -3.70. The smallest absolute Gasteiger partial charge is 0.273 e. The molecule has 0 bridgehead atoms. The van der Waals surface area contributed by atoms with Crippen LogP contribution in [-0.2, 0) is 11.3 Å². The number of hydrogen-bond acceptors (Lipinski definition) is 3. The molecule has 0 radical (unpaired) electrons. The Labute approximate surface area is 175 Å². The van der Waals surface area contributed by atoms with Crippen molar-refractivity contribution in [1.29, 1.82) is 0 Å². The molecule has 0 saturated heterocycles. The largest absolute Gasteiger partial charge is 0.378 e. The van der Waals surface area contributed by atoms with Crippen LogP contribution in [0.5, 0.6) is 0 Å². The molecule has 0 aliphatic heterocycles. The quantitative estimate of drug-likeness (QED) is 0.379. The maximum Gasteiger partial charge on any atom is 0.273 e. The molecule has 30 heavy (non-hydrogen) atoms. The molecule has 2 N–H and O–H groups in total. The maximum absolute atomic E-state index is 12.2. The van der Waals surface area contributed by atoms with Crippen LogP contribution in [0.3, 0.4) is 0 Å². The number of para-hydroxylation sites is 1. The van der Waals surface area contributed by atoms with Gasteiger partial charge in [-0.15, -0.1) is 0 Å². The second kappa shape index (κ2) is 8.76. The van der Waals surface area contributed by atoms with E-state index in [-0.39, 0.29) is 0 Å². The number of amides is 1. The number of nitrogens with zero attached hydrogens (tertiary/aromatic N) is 2. The minimum absolute atomic E-state index is 0.529. The summed E-state index contributed by atoms with van der Waals surface area (Å²) in [5, 5.41) is 15.4. The number of carbonyl (C=O) groups is 1. The molecule has 0 spiro atoms. The van der Waals surface area contributed by atoms with Gasteiger partial charge in [-0.3, -0.25) is 4.79 Å². The highest BCUT2D eigenvalue weighted by atomic mass is 16.3. The van der Waals surface area contributed by atoms with E-state index >= 15 is 0 Å². The minimum atomic E-state index is -1.26. The van der Waals surface area contributed by atoms with Crippen molar-refractivity contribution < 1.29 is 9.90 Å². The Bertz CT molecular complexity index is 1180. The van der Waals surface area contributed by atoms with E-state index in [2.05, 4.69) is 33.3 Å². The summed E-state index contributed by atoms with van der Waals surface area (Å²) in [6, 6.07) is 27.2. The molecule has 1 amide bonds. The molecule has 3 aromatic carbocycles. The molecular weight excluding hydrogens is 374 g/mol. The van der Waals surface area contributed by atoms with E-state index in [1.165, 1.54) is 5.56 Å². The molecule has 5 heteroatoms. The van der Waals surface area contributed by atoms with Gasteiger partial charge >= 0.3 is 0 Å². The van der Waals surface area contributed by atoms with Crippen molar-refractivity contribution in [3.8, 4) is 0 Å². The number of carbonyl (C=O) groups excluding carboxylic acids is 1. The molecule has 1 unspecified atom stereocenters. The first-order valence-electron chi connectivity index (χ1n) is 9.83. The average Bonchev–Trinajstić information content (AvgIpc) is 3.06. The van der Waals surface area contributed by atoms with Crippen LogP contribution in [-0.4, -0.2) is 21.8 Å². The highest BCUT2D eigenvalue weighted by Crippen LogP contribution is 2.25. The lowest BCUT2D eigenvalue weighted by Gasteiger charge is -2.09. The van der Waals surface area contributed by atoms with Gasteiger partial charge in [0.15, 0.2) is 6.10 Å². The summed E-state index contributed by atoms with van der Waals surface area (Å²) in [5.74, 6) is -0.567. The first kappa shape index (κ1) is 19.6. The lowest BCUT2D eigenvalue weighted by atomic mass is 10.1. The number of nitrogens with one attached hydrogen (secondary N) is 1. The SMILES string of the molecule is Cc1c(/C=N/NC(=O)C(O)c2ccccc2)c2ccccc2n1Cc1ccccc1. The maximum atomic E-state index is 12.2. The number of rotatable bonds is 6. The van der Waals surface area contributed by atoms with Crippen molar-refractivity contribution in [2.24, 2.45) is 5.10 Å². The van der Waals surface area contributed by atoms with E-state index in [4.69, 9.17) is 0 Å². The van der Waals surface area contributed by atoms with Crippen molar-refractivity contribution >= 4 is 23.0 Å². The van der Waals surface area contributed by atoms with Crippen molar-refractivity contribution in [2.45, 2.75) is 19.6 Å². The van der Waals surface area contributed by atoms with Gasteiger partial charge in [-0.25, -0.2) is 5.43 Å². The third-order valence-corrected chi connectivity index (χ3v) is 5.20. The summed E-state index contributed by atoms with van der Waals surface area (Å²) in [6.07, 6.45) is 0.387. The van der Waals surface area contributed by atoms with Crippen LogP contribution < -0.4 is 5.43 Å². The van der Waals surface area contributed by atoms with E-state index in [1.807, 2.05) is 49.4 Å². The predicted molar refractivity (Wildman–Crippen MR) is 119 cm³/mol. The third-order valence-electron chi connectivity index (χ3n) is 5.20. The first-order valence-corrected chi connectivity index (χ1v) is 9.83. The molecule has 150 valence electrons. The van der Waals surface area contributed by atoms with Crippen molar-refractivity contribution in [3.63, 3.8) is 0 Å². The van der Waals surface area contributed by atoms with Crippen LogP contribution in [0, 0.1) is 6.92 Å². The van der Waals surface area contributed by atoms with Gasteiger partial charge in [0.25, 0.3) is 5.91 Å². The third kappa shape index (κ3) is 4.02. The number of hydrazone groups is 1. The first-order chi connectivity index (χ1) is 14.6. The number of fused-ring (bicyclic) bond motifs is 1. The van der Waals surface area contributed by atoms with Gasteiger partial charge in [-0.2, -0.15) is 5.10 Å². The highest BCUT2D eigenvalue weighted by Gasteiger charge is 2.17. The van der Waals surface area contributed by atoms with Crippen molar-refractivity contribution in [3.05, 3.63) is 107 Å². The Morgan fingerprint density at radius 3 is 2.37 bits per heavy atom. The van der Waals surface area contributed by atoms with Crippen LogP contribution in [0.25, 0.3) is 10.9 Å². The van der Waals surface area contributed by atoms with Gasteiger partial charge in [0.05, 0.1) is 6.21 Å². The Morgan fingerprint density at radius 1 is 1.00 bits per heavy atom. The van der Waals surface area contributed by atoms with Crippen LogP contribution in [0.2, 0.25) is 0 Å². The molecule has 1 heterocycles. The van der Waals surface area contributed by atoms with Crippen LogP contribution >= 0.6 is 0 Å². The summed E-state index contributed by atoms with van der Waals surface area (Å²) in [6.45, 7) is 2.80. The zero-order valence-corrected chi connectivity index (χ0v) is 16.7. The second-order valence-electron chi connectivity index (χ2n) is 7.14. The molecule has 5 nitrogen and oxygen atoms in total. The lowest BCUT2D eigenvalue weighted by molar-refractivity contribution is -0.129. The number of aliphatic hydroxyl groups is 1.